The van der Waals surface area contributed by atoms with Gasteiger partial charge < -0.3 is 15.0 Å². The van der Waals surface area contributed by atoms with Gasteiger partial charge in [0.05, 0.1) is 6.54 Å². The SMILES string of the molecule is O=C(c1ccccc1)C1CCN(C(=O)NCCOc2ccccc2)CC1. The van der Waals surface area contributed by atoms with Crippen LogP contribution in [0.3, 0.4) is 0 Å². The molecule has 0 aliphatic carbocycles. The smallest absolute Gasteiger partial charge is 0.317 e. The van der Waals surface area contributed by atoms with E-state index in [0.29, 0.717) is 39.1 Å². The van der Waals surface area contributed by atoms with Crippen LogP contribution in [0.4, 0.5) is 4.79 Å². The molecule has 0 bridgehead atoms. The summed E-state index contributed by atoms with van der Waals surface area (Å²) in [5, 5.41) is 2.88. The van der Waals surface area contributed by atoms with E-state index in [1.54, 1.807) is 4.90 Å². The van der Waals surface area contributed by atoms with Crippen LogP contribution in [0.25, 0.3) is 0 Å². The van der Waals surface area contributed by atoms with Gasteiger partial charge in [0.1, 0.15) is 12.4 Å². The van der Waals surface area contributed by atoms with E-state index in [1.807, 2.05) is 60.7 Å². The number of nitrogens with zero attached hydrogens (tertiary/aromatic N) is 1. The van der Waals surface area contributed by atoms with E-state index < -0.39 is 0 Å². The van der Waals surface area contributed by atoms with Crippen molar-refractivity contribution < 1.29 is 14.3 Å². The van der Waals surface area contributed by atoms with Crippen molar-refractivity contribution in [3.05, 3.63) is 66.2 Å². The predicted molar refractivity (Wildman–Crippen MR) is 100 cm³/mol. The van der Waals surface area contributed by atoms with Crippen molar-refractivity contribution in [1.29, 1.82) is 0 Å². The number of para-hydroxylation sites is 1. The zero-order valence-corrected chi connectivity index (χ0v) is 14.8. The van der Waals surface area contributed by atoms with E-state index in [4.69, 9.17) is 4.74 Å². The van der Waals surface area contributed by atoms with Crippen LogP contribution in [0.1, 0.15) is 23.2 Å². The predicted octanol–water partition coefficient (Wildman–Crippen LogP) is 3.37. The molecule has 0 unspecified atom stereocenters. The fourth-order valence-corrected chi connectivity index (χ4v) is 3.14. The molecular weight excluding hydrogens is 328 g/mol. The molecule has 1 heterocycles. The Morgan fingerprint density at radius 3 is 2.23 bits per heavy atom. The van der Waals surface area contributed by atoms with Gasteiger partial charge in [0.25, 0.3) is 0 Å². The van der Waals surface area contributed by atoms with E-state index in [9.17, 15) is 9.59 Å². The Balaban J connectivity index is 1.37. The molecule has 3 rings (SSSR count). The first-order valence-electron chi connectivity index (χ1n) is 9.04. The Morgan fingerprint density at radius 1 is 0.962 bits per heavy atom. The third kappa shape index (κ3) is 4.85. The van der Waals surface area contributed by atoms with Crippen LogP contribution in [0.2, 0.25) is 0 Å². The highest BCUT2D eigenvalue weighted by molar-refractivity contribution is 5.97. The number of rotatable bonds is 6. The molecule has 2 amide bonds. The van der Waals surface area contributed by atoms with Crippen molar-refractivity contribution in [3.8, 4) is 5.75 Å². The summed E-state index contributed by atoms with van der Waals surface area (Å²) in [7, 11) is 0. The van der Waals surface area contributed by atoms with Crippen molar-refractivity contribution in [2.24, 2.45) is 5.92 Å². The first-order valence-corrected chi connectivity index (χ1v) is 9.04. The fourth-order valence-electron chi connectivity index (χ4n) is 3.14. The van der Waals surface area contributed by atoms with Gasteiger partial charge in [-0.05, 0) is 25.0 Å². The van der Waals surface area contributed by atoms with Crippen molar-refractivity contribution >= 4 is 11.8 Å². The second kappa shape index (κ2) is 9.04. The van der Waals surface area contributed by atoms with Crippen molar-refractivity contribution in [1.82, 2.24) is 10.2 Å². The summed E-state index contributed by atoms with van der Waals surface area (Å²) in [6.45, 7) is 2.10. The van der Waals surface area contributed by atoms with Crippen LogP contribution in [0.15, 0.2) is 60.7 Å². The Labute approximate surface area is 154 Å². The maximum atomic E-state index is 12.5. The molecule has 1 N–H and O–H groups in total. The third-order valence-corrected chi connectivity index (χ3v) is 4.60. The number of Topliss-reactive ketones (excluding diaryl/α,β-unsaturated/α-hetero) is 1. The minimum absolute atomic E-state index is 0.00265. The lowest BCUT2D eigenvalue weighted by atomic mass is 9.89. The largest absolute Gasteiger partial charge is 0.492 e. The molecule has 2 aromatic rings. The quantitative estimate of drug-likeness (QED) is 0.640. The van der Waals surface area contributed by atoms with Gasteiger partial charge in [-0.2, -0.15) is 0 Å². The normalized spacial score (nSPS) is 14.7. The lowest BCUT2D eigenvalue weighted by Crippen LogP contribution is -2.46. The fraction of sp³-hybridized carbons (Fsp3) is 0.333. The van der Waals surface area contributed by atoms with Gasteiger partial charge in [-0.15, -0.1) is 0 Å². The molecule has 1 aliphatic rings. The van der Waals surface area contributed by atoms with Gasteiger partial charge in [-0.25, -0.2) is 4.79 Å². The average Bonchev–Trinajstić information content (AvgIpc) is 2.72. The Bertz CT molecular complexity index is 711. The summed E-state index contributed by atoms with van der Waals surface area (Å²) in [6, 6.07) is 18.8. The number of likely N-dealkylation sites (tertiary alicyclic amines) is 1. The highest BCUT2D eigenvalue weighted by Crippen LogP contribution is 2.21. The van der Waals surface area contributed by atoms with Crippen molar-refractivity contribution in [2.45, 2.75) is 12.8 Å². The monoisotopic (exact) mass is 352 g/mol. The molecule has 0 spiro atoms. The van der Waals surface area contributed by atoms with Gasteiger partial charge in [0, 0.05) is 24.6 Å². The second-order valence-corrected chi connectivity index (χ2v) is 6.39. The molecule has 1 fully saturated rings. The van der Waals surface area contributed by atoms with E-state index in [1.165, 1.54) is 0 Å². The number of nitrogens with one attached hydrogen (secondary N) is 1. The van der Waals surface area contributed by atoms with Crippen LogP contribution < -0.4 is 10.1 Å². The first kappa shape index (κ1) is 18.0. The molecule has 0 atom stereocenters. The van der Waals surface area contributed by atoms with Crippen molar-refractivity contribution in [2.75, 3.05) is 26.2 Å². The zero-order valence-electron chi connectivity index (χ0n) is 14.8. The first-order chi connectivity index (χ1) is 12.7. The van der Waals surface area contributed by atoms with E-state index in [-0.39, 0.29) is 17.7 Å². The number of hydrogen-bond donors (Lipinski definition) is 1. The van der Waals surface area contributed by atoms with Gasteiger partial charge >= 0.3 is 6.03 Å². The Kier molecular flexibility index (Phi) is 6.25. The molecule has 2 aromatic carbocycles. The standard InChI is InChI=1S/C21H24N2O3/c24-20(17-7-3-1-4-8-17)18-11-14-23(15-12-18)21(25)22-13-16-26-19-9-5-2-6-10-19/h1-10,18H,11-16H2,(H,22,25). The summed E-state index contributed by atoms with van der Waals surface area (Å²) < 4.78 is 5.56. The lowest BCUT2D eigenvalue weighted by molar-refractivity contribution is 0.0854. The lowest BCUT2D eigenvalue weighted by Gasteiger charge is -2.31. The van der Waals surface area contributed by atoms with Gasteiger partial charge in [0.15, 0.2) is 5.78 Å². The number of ether oxygens (including phenoxy) is 1. The molecule has 1 aliphatic heterocycles. The molecule has 0 radical (unpaired) electrons. The topological polar surface area (TPSA) is 58.6 Å². The van der Waals surface area contributed by atoms with E-state index in [0.717, 1.165) is 11.3 Å². The number of carbonyl (C=O) groups excluding carboxylic acids is 2. The highest BCUT2D eigenvalue weighted by Gasteiger charge is 2.27. The average molecular weight is 352 g/mol. The van der Waals surface area contributed by atoms with Crippen LogP contribution in [-0.4, -0.2) is 43.0 Å². The molecular formula is C21H24N2O3. The molecule has 136 valence electrons. The van der Waals surface area contributed by atoms with Crippen LogP contribution >= 0.6 is 0 Å². The molecule has 1 saturated heterocycles. The summed E-state index contributed by atoms with van der Waals surface area (Å²) in [6.07, 6.45) is 1.42. The number of hydrogen-bond acceptors (Lipinski definition) is 3. The summed E-state index contributed by atoms with van der Waals surface area (Å²) in [4.78, 5) is 26.5. The molecule has 5 nitrogen and oxygen atoms in total. The number of benzene rings is 2. The summed E-state index contributed by atoms with van der Waals surface area (Å²) >= 11 is 0. The minimum atomic E-state index is -0.0905. The Hall–Kier alpha value is -2.82. The number of ketones is 1. The van der Waals surface area contributed by atoms with E-state index >= 15 is 0 Å². The molecule has 0 saturated carbocycles. The minimum Gasteiger partial charge on any atom is -0.492 e. The number of carbonyl (C=O) groups is 2. The summed E-state index contributed by atoms with van der Waals surface area (Å²) in [5.41, 5.74) is 0.758. The second-order valence-electron chi connectivity index (χ2n) is 6.39. The maximum Gasteiger partial charge on any atom is 0.317 e. The third-order valence-electron chi connectivity index (χ3n) is 4.60. The summed E-state index contributed by atoms with van der Waals surface area (Å²) in [5.74, 6) is 0.978. The van der Waals surface area contributed by atoms with Gasteiger partial charge in [0.2, 0.25) is 0 Å². The molecule has 26 heavy (non-hydrogen) atoms. The molecule has 0 aromatic heterocycles. The van der Waals surface area contributed by atoms with Crippen molar-refractivity contribution in [3.63, 3.8) is 0 Å². The Morgan fingerprint density at radius 2 is 1.58 bits per heavy atom. The highest BCUT2D eigenvalue weighted by atomic mass is 16.5. The van der Waals surface area contributed by atoms with Crippen LogP contribution in [0.5, 0.6) is 5.75 Å². The van der Waals surface area contributed by atoms with E-state index in [2.05, 4.69) is 5.32 Å². The maximum absolute atomic E-state index is 12.5. The number of urea groups is 1. The van der Waals surface area contributed by atoms with Crippen LogP contribution in [0, 0.1) is 5.92 Å². The zero-order chi connectivity index (χ0) is 18.2. The van der Waals surface area contributed by atoms with Gasteiger partial charge in [-0.3, -0.25) is 4.79 Å². The van der Waals surface area contributed by atoms with Gasteiger partial charge in [-0.1, -0.05) is 48.5 Å². The molecule has 5 heteroatoms. The number of piperidine rings is 1. The number of amides is 2. The van der Waals surface area contributed by atoms with Crippen LogP contribution in [-0.2, 0) is 0 Å².